The van der Waals surface area contributed by atoms with Gasteiger partial charge in [-0.3, -0.25) is 9.59 Å². The quantitative estimate of drug-likeness (QED) is 0.470. The van der Waals surface area contributed by atoms with E-state index in [4.69, 9.17) is 8.83 Å². The third-order valence-corrected chi connectivity index (χ3v) is 4.76. The molecule has 33 heavy (non-hydrogen) atoms. The van der Waals surface area contributed by atoms with E-state index in [1.54, 1.807) is 24.3 Å². The summed E-state index contributed by atoms with van der Waals surface area (Å²) in [6.45, 7) is 0. The van der Waals surface area contributed by atoms with Crippen molar-refractivity contribution in [3.63, 3.8) is 0 Å². The summed E-state index contributed by atoms with van der Waals surface area (Å²) in [5.74, 6) is -0.747. The summed E-state index contributed by atoms with van der Waals surface area (Å²) >= 11 is 0. The molecule has 2 aromatic heterocycles. The van der Waals surface area contributed by atoms with Crippen LogP contribution in [0.15, 0.2) is 104 Å². The highest BCUT2D eigenvalue weighted by atomic mass is 16.4. The molecular formula is C25H18N2O6. The Morgan fingerprint density at radius 1 is 0.576 bits per heavy atom. The Balaban J connectivity index is 1.34. The van der Waals surface area contributed by atoms with Gasteiger partial charge in [0, 0.05) is 23.5 Å². The highest BCUT2D eigenvalue weighted by Gasteiger charge is 2.08. The molecule has 0 atom stereocenters. The predicted octanol–water partition coefficient (Wildman–Crippen LogP) is 3.69. The summed E-state index contributed by atoms with van der Waals surface area (Å²) in [5.41, 5.74) is 2.78. The minimum atomic E-state index is -0.516. The number of hydrogen-bond acceptors (Lipinski definition) is 6. The van der Waals surface area contributed by atoms with Crippen LogP contribution in [0.4, 0.5) is 11.4 Å². The third-order valence-electron chi connectivity index (χ3n) is 4.76. The molecule has 164 valence electrons. The highest BCUT2D eigenvalue weighted by molar-refractivity contribution is 6.04. The predicted molar refractivity (Wildman–Crippen MR) is 122 cm³/mol. The fraction of sp³-hybridized carbons (Fsp3) is 0.0400. The molecule has 4 aromatic rings. The second-order valence-electron chi connectivity index (χ2n) is 7.17. The lowest BCUT2D eigenvalue weighted by atomic mass is 10.0. The molecule has 2 heterocycles. The van der Waals surface area contributed by atoms with E-state index in [1.807, 2.05) is 24.3 Å². The van der Waals surface area contributed by atoms with E-state index in [0.717, 1.165) is 23.7 Å². The number of hydrogen-bond donors (Lipinski definition) is 2. The molecule has 0 bridgehead atoms. The van der Waals surface area contributed by atoms with Gasteiger partial charge in [-0.05, 0) is 53.9 Å². The van der Waals surface area contributed by atoms with Crippen LogP contribution < -0.4 is 21.9 Å². The van der Waals surface area contributed by atoms with Gasteiger partial charge >= 0.3 is 11.3 Å². The number of carbonyl (C=O) groups is 2. The van der Waals surface area contributed by atoms with Crippen molar-refractivity contribution >= 4 is 23.2 Å². The third kappa shape index (κ3) is 5.71. The Morgan fingerprint density at radius 3 is 1.30 bits per heavy atom. The van der Waals surface area contributed by atoms with Gasteiger partial charge in [-0.1, -0.05) is 24.3 Å². The molecule has 0 spiro atoms. The fourth-order valence-electron chi connectivity index (χ4n) is 3.03. The zero-order chi connectivity index (χ0) is 23.2. The number of anilines is 2. The Labute approximate surface area is 187 Å². The van der Waals surface area contributed by atoms with E-state index in [9.17, 15) is 19.2 Å². The summed E-state index contributed by atoms with van der Waals surface area (Å²) in [6, 6.07) is 20.0. The van der Waals surface area contributed by atoms with Gasteiger partial charge < -0.3 is 19.5 Å². The summed E-state index contributed by atoms with van der Waals surface area (Å²) in [7, 11) is 0. The number of benzene rings is 2. The van der Waals surface area contributed by atoms with Crippen molar-refractivity contribution in [2.24, 2.45) is 0 Å². The van der Waals surface area contributed by atoms with Crippen LogP contribution >= 0.6 is 0 Å². The molecule has 0 saturated carbocycles. The summed E-state index contributed by atoms with van der Waals surface area (Å²) in [5, 5.41) is 5.49. The average molecular weight is 442 g/mol. The van der Waals surface area contributed by atoms with Crippen LogP contribution in [0.1, 0.15) is 31.8 Å². The molecule has 2 amide bonds. The zero-order valence-corrected chi connectivity index (χ0v) is 17.2. The van der Waals surface area contributed by atoms with Gasteiger partial charge in [0.15, 0.2) is 0 Å². The molecule has 8 nitrogen and oxygen atoms in total. The minimum absolute atomic E-state index is 0.252. The maximum absolute atomic E-state index is 12.2. The molecule has 2 N–H and O–H groups in total. The van der Waals surface area contributed by atoms with Gasteiger partial charge in [0.05, 0.1) is 11.1 Å². The number of nitrogens with one attached hydrogen (secondary N) is 2. The number of amides is 2. The summed E-state index contributed by atoms with van der Waals surface area (Å²) in [6.07, 6.45) is 2.90. The van der Waals surface area contributed by atoms with Crippen molar-refractivity contribution in [3.05, 3.63) is 128 Å². The van der Waals surface area contributed by atoms with Crippen LogP contribution in [-0.2, 0) is 6.42 Å². The van der Waals surface area contributed by atoms with Gasteiger partial charge in [-0.25, -0.2) is 9.59 Å². The zero-order valence-electron chi connectivity index (χ0n) is 17.2. The largest absolute Gasteiger partial charge is 0.430 e. The minimum Gasteiger partial charge on any atom is -0.430 e. The SMILES string of the molecule is O=C(Nc1ccc(Cc2ccc(NC(=O)c3ccc(=O)oc3)cc2)cc1)c1ccc(=O)oc1. The van der Waals surface area contributed by atoms with E-state index in [1.165, 1.54) is 24.3 Å². The van der Waals surface area contributed by atoms with Crippen molar-refractivity contribution in [2.75, 3.05) is 10.6 Å². The van der Waals surface area contributed by atoms with Crippen LogP contribution in [0.5, 0.6) is 0 Å². The van der Waals surface area contributed by atoms with Crippen LogP contribution in [0, 0.1) is 0 Å². The Bertz CT molecular complexity index is 1250. The van der Waals surface area contributed by atoms with Gasteiger partial charge in [0.25, 0.3) is 11.8 Å². The highest BCUT2D eigenvalue weighted by Crippen LogP contribution is 2.17. The molecule has 0 aliphatic heterocycles. The average Bonchev–Trinajstić information content (AvgIpc) is 2.82. The monoisotopic (exact) mass is 442 g/mol. The Hall–Kier alpha value is -4.72. The van der Waals surface area contributed by atoms with E-state index in [-0.39, 0.29) is 22.9 Å². The molecule has 8 heteroatoms. The number of rotatable bonds is 6. The van der Waals surface area contributed by atoms with Gasteiger partial charge in [-0.15, -0.1) is 0 Å². The Kier molecular flexibility index (Phi) is 6.26. The van der Waals surface area contributed by atoms with E-state index in [0.29, 0.717) is 17.8 Å². The van der Waals surface area contributed by atoms with Crippen LogP contribution in [0.25, 0.3) is 0 Å². The first-order chi connectivity index (χ1) is 16.0. The molecule has 0 unspecified atom stereocenters. The smallest absolute Gasteiger partial charge is 0.335 e. The first-order valence-corrected chi connectivity index (χ1v) is 9.94. The Morgan fingerprint density at radius 2 is 0.970 bits per heavy atom. The second kappa shape index (κ2) is 9.61. The molecule has 0 saturated heterocycles. The lowest BCUT2D eigenvalue weighted by molar-refractivity contribution is 0.101. The van der Waals surface area contributed by atoms with Crippen LogP contribution in [-0.4, -0.2) is 11.8 Å². The maximum Gasteiger partial charge on any atom is 0.335 e. The van der Waals surface area contributed by atoms with E-state index in [2.05, 4.69) is 10.6 Å². The molecule has 0 aliphatic carbocycles. The number of carbonyl (C=O) groups excluding carboxylic acids is 2. The molecule has 0 fully saturated rings. The van der Waals surface area contributed by atoms with Gasteiger partial charge in [0.2, 0.25) is 0 Å². The van der Waals surface area contributed by atoms with Crippen LogP contribution in [0.3, 0.4) is 0 Å². The van der Waals surface area contributed by atoms with Crippen molar-refractivity contribution in [1.29, 1.82) is 0 Å². The molecule has 0 aliphatic rings. The van der Waals surface area contributed by atoms with Crippen LogP contribution in [0.2, 0.25) is 0 Å². The lowest BCUT2D eigenvalue weighted by Crippen LogP contribution is -2.13. The van der Waals surface area contributed by atoms with Crippen molar-refractivity contribution in [1.82, 2.24) is 0 Å². The summed E-state index contributed by atoms with van der Waals surface area (Å²) < 4.78 is 9.41. The van der Waals surface area contributed by atoms with Crippen molar-refractivity contribution in [3.8, 4) is 0 Å². The van der Waals surface area contributed by atoms with Crippen molar-refractivity contribution in [2.45, 2.75) is 6.42 Å². The second-order valence-corrected chi connectivity index (χ2v) is 7.17. The lowest BCUT2D eigenvalue weighted by Gasteiger charge is -2.08. The standard InChI is InChI=1S/C25H18N2O6/c28-22-11-5-18(14-32-22)24(30)26-20-7-1-16(2-8-20)13-17-3-9-21(10-4-17)27-25(31)19-6-12-23(29)33-15-19/h1-12,14-15H,13H2,(H,26,30)(H,27,31). The van der Waals surface area contributed by atoms with Gasteiger partial charge in [-0.2, -0.15) is 0 Å². The first kappa shape index (κ1) is 21.5. The normalized spacial score (nSPS) is 10.4. The van der Waals surface area contributed by atoms with Gasteiger partial charge in [0.1, 0.15) is 12.5 Å². The molecule has 4 rings (SSSR count). The van der Waals surface area contributed by atoms with E-state index < -0.39 is 11.3 Å². The topological polar surface area (TPSA) is 119 Å². The molecular weight excluding hydrogens is 424 g/mol. The molecule has 2 aromatic carbocycles. The molecule has 0 radical (unpaired) electrons. The first-order valence-electron chi connectivity index (χ1n) is 9.94. The fourth-order valence-corrected chi connectivity index (χ4v) is 3.03. The maximum atomic E-state index is 12.2. The van der Waals surface area contributed by atoms with E-state index >= 15 is 0 Å². The summed E-state index contributed by atoms with van der Waals surface area (Å²) in [4.78, 5) is 46.4. The van der Waals surface area contributed by atoms with Crippen molar-refractivity contribution < 1.29 is 18.4 Å².